The molecule has 1 aliphatic carbocycles. The minimum absolute atomic E-state index is 0.0214. The fraction of sp³-hybridized carbons (Fsp3) is 0.553. The van der Waals surface area contributed by atoms with E-state index in [4.69, 9.17) is 9.47 Å². The quantitative estimate of drug-likeness (QED) is 0.0267. The average molecular weight is 950 g/mol. The number of aliphatic carboxylic acids is 1. The number of urea groups is 1. The van der Waals surface area contributed by atoms with E-state index < -0.39 is 55.0 Å². The summed E-state index contributed by atoms with van der Waals surface area (Å²) in [6.45, 7) is -0.0261. The fourth-order valence-corrected chi connectivity index (χ4v) is 10.4. The van der Waals surface area contributed by atoms with Gasteiger partial charge in [0.2, 0.25) is 17.7 Å². The van der Waals surface area contributed by atoms with E-state index >= 15 is 0 Å². The van der Waals surface area contributed by atoms with Gasteiger partial charge in [0.05, 0.1) is 44.4 Å². The summed E-state index contributed by atoms with van der Waals surface area (Å²) in [5.74, 6) is -2.20. The van der Waals surface area contributed by atoms with Crippen LogP contribution in [0.3, 0.4) is 0 Å². The maximum Gasteiger partial charge on any atom is 0.315 e. The zero-order chi connectivity index (χ0) is 47.7. The Morgan fingerprint density at radius 2 is 1.57 bits per heavy atom. The van der Waals surface area contributed by atoms with Gasteiger partial charge in [0.25, 0.3) is 0 Å². The molecule has 3 unspecified atom stereocenters. The highest BCUT2D eigenvalue weighted by atomic mass is 32.2. The number of hydrogen-bond donors (Lipinski definition) is 10. The molecular formula is C47H63N7O12S. The van der Waals surface area contributed by atoms with Crippen molar-refractivity contribution in [2.45, 2.75) is 106 Å². The number of carboxylic acid groups (broad SMARTS) is 1. The lowest BCUT2D eigenvalue weighted by Gasteiger charge is -2.43. The second-order valence-electron chi connectivity index (χ2n) is 17.3. The summed E-state index contributed by atoms with van der Waals surface area (Å²) in [6, 6.07) is 15.2. The van der Waals surface area contributed by atoms with Gasteiger partial charge in [-0.2, -0.15) is 11.8 Å². The van der Waals surface area contributed by atoms with Gasteiger partial charge in [0.1, 0.15) is 24.1 Å². The van der Waals surface area contributed by atoms with E-state index in [1.165, 1.54) is 0 Å². The van der Waals surface area contributed by atoms with Crippen molar-refractivity contribution < 1.29 is 58.4 Å². The Morgan fingerprint density at radius 1 is 0.851 bits per heavy atom. The Balaban J connectivity index is 0.919. The van der Waals surface area contributed by atoms with Crippen molar-refractivity contribution in [3.05, 3.63) is 83.4 Å². The summed E-state index contributed by atoms with van der Waals surface area (Å²) in [5.41, 5.74) is 1.85. The molecule has 2 aromatic carbocycles. The van der Waals surface area contributed by atoms with Crippen molar-refractivity contribution in [3.8, 4) is 0 Å². The second-order valence-corrected chi connectivity index (χ2v) is 18.6. The van der Waals surface area contributed by atoms with Crippen LogP contribution in [0.25, 0.3) is 0 Å². The maximum atomic E-state index is 12.9. The summed E-state index contributed by atoms with van der Waals surface area (Å²) in [7, 11) is 0. The molecule has 364 valence electrons. The van der Waals surface area contributed by atoms with Gasteiger partial charge in [0.15, 0.2) is 12.1 Å². The molecule has 4 aliphatic rings. The number of unbranched alkanes of at least 4 members (excludes halogenated alkanes) is 1. The lowest BCUT2D eigenvalue weighted by Crippen LogP contribution is -2.64. The lowest BCUT2D eigenvalue weighted by atomic mass is 9.89. The molecular weight excluding hydrogens is 887 g/mol. The molecule has 3 heterocycles. The van der Waals surface area contributed by atoms with Crippen LogP contribution >= 0.6 is 11.8 Å². The Bertz CT molecular complexity index is 2050. The van der Waals surface area contributed by atoms with Crippen molar-refractivity contribution in [3.63, 3.8) is 0 Å². The van der Waals surface area contributed by atoms with Crippen molar-refractivity contribution in [1.82, 2.24) is 37.2 Å². The molecule has 5 amide bonds. The Labute approximate surface area is 393 Å². The van der Waals surface area contributed by atoms with Gasteiger partial charge in [0, 0.05) is 54.0 Å². The highest BCUT2D eigenvalue weighted by Crippen LogP contribution is 2.35. The number of carboxylic acids is 1. The maximum absolute atomic E-state index is 12.9. The normalized spacial score (nSPS) is 26.7. The molecule has 3 aliphatic heterocycles. The van der Waals surface area contributed by atoms with Crippen LogP contribution in [0, 0.1) is 11.8 Å². The summed E-state index contributed by atoms with van der Waals surface area (Å²) in [6.07, 6.45) is 3.04. The highest BCUT2D eigenvalue weighted by molar-refractivity contribution is 8.00. The summed E-state index contributed by atoms with van der Waals surface area (Å²) in [4.78, 5) is 85.6. The predicted molar refractivity (Wildman–Crippen MR) is 247 cm³/mol. The minimum Gasteiger partial charge on any atom is -0.481 e. The molecule has 0 bridgehead atoms. The monoisotopic (exact) mass is 949 g/mol. The molecule has 6 rings (SSSR count). The van der Waals surface area contributed by atoms with E-state index in [1.54, 1.807) is 48.5 Å². The van der Waals surface area contributed by atoms with E-state index in [0.717, 1.165) is 30.6 Å². The highest BCUT2D eigenvalue weighted by Gasteiger charge is 2.45. The third kappa shape index (κ3) is 15.4. The molecule has 0 spiro atoms. The number of Topliss-reactive ketones (excluding diaryl/α,β-unsaturated/α-hetero) is 1. The van der Waals surface area contributed by atoms with Crippen molar-refractivity contribution in [2.75, 3.05) is 45.1 Å². The number of benzene rings is 2. The predicted octanol–water partition coefficient (Wildman–Crippen LogP) is 0.519. The van der Waals surface area contributed by atoms with E-state index in [9.17, 15) is 48.9 Å². The lowest BCUT2D eigenvalue weighted by molar-refractivity contribution is -0.263. The smallest absolute Gasteiger partial charge is 0.315 e. The summed E-state index contributed by atoms with van der Waals surface area (Å²) >= 11 is 1.86. The van der Waals surface area contributed by atoms with Crippen LogP contribution < -0.4 is 37.2 Å². The van der Waals surface area contributed by atoms with Crippen LogP contribution in [0.4, 0.5) is 4.79 Å². The summed E-state index contributed by atoms with van der Waals surface area (Å²) < 4.78 is 12.2. The molecule has 4 fully saturated rings. The van der Waals surface area contributed by atoms with Gasteiger partial charge in [-0.05, 0) is 50.1 Å². The van der Waals surface area contributed by atoms with Gasteiger partial charge in [-0.1, -0.05) is 73.2 Å². The zero-order valence-corrected chi connectivity index (χ0v) is 38.2. The first-order valence-corrected chi connectivity index (χ1v) is 24.0. The first-order valence-electron chi connectivity index (χ1n) is 23.0. The molecule has 1 saturated carbocycles. The molecule has 10 atom stereocenters. The molecule has 67 heavy (non-hydrogen) atoms. The molecule has 0 radical (unpaired) electrons. The van der Waals surface area contributed by atoms with Crippen LogP contribution in [0.5, 0.6) is 0 Å². The number of fused-ring (bicyclic) bond motifs is 1. The standard InChI is InChI=1S/C47H63N7O12S/c55-34-18-17-31(21-40(59)60)32(34)11-5-2-8-20-65-46-42(52-22-28-13-15-30(16-14-28)43(61)29-9-3-1-4-10-29)45(63)44(62)35(66-46)23-49-38(57)25-51-39(58)26-50-37(56)24-48-19-7-6-12-36-41-33(27-67-36)53-47(64)54-41/h1-5,9-10,13-16,31-33,35-36,41-42,44-46,48,52,62-63H,6-8,11-12,17-27H2,(H,49,57)(H,50,56)(H,51,58)(H,59,60)(H2,53,54,64)/b5-2-/t31-,32-,33?,35-,36?,41?,42+,44+,45+,46+/m1/s1. The SMILES string of the molecule is O=C(O)C[C@H]1CCC(=O)[C@@H]1C/C=C\CCO[C@H]1O[C@H](CNC(=O)CNC(=O)CNC(=O)CNCCCCC2SCC3NC(=O)NC32)[C@H](O)[C@@H](O)[C@@H]1NCc1ccc(C(=O)c2ccccc2)cc1. The van der Waals surface area contributed by atoms with Crippen molar-refractivity contribution in [2.24, 2.45) is 11.8 Å². The van der Waals surface area contributed by atoms with Gasteiger partial charge >= 0.3 is 12.0 Å². The molecule has 20 heteroatoms. The first-order chi connectivity index (χ1) is 32.4. The third-order valence-electron chi connectivity index (χ3n) is 12.5. The number of ketones is 2. The minimum atomic E-state index is -1.46. The number of thioether (sulfide) groups is 1. The number of nitrogens with one attached hydrogen (secondary N) is 7. The average Bonchev–Trinajstić information content (AvgIpc) is 4.00. The van der Waals surface area contributed by atoms with Crippen LogP contribution in [-0.4, -0.2) is 150 Å². The number of carbonyl (C=O) groups excluding carboxylic acids is 6. The number of rotatable bonds is 26. The van der Waals surface area contributed by atoms with Gasteiger partial charge < -0.3 is 62.0 Å². The number of amides is 5. The topological polar surface area (TPSA) is 283 Å². The number of aliphatic hydroxyl groups is 2. The van der Waals surface area contributed by atoms with E-state index in [2.05, 4.69) is 37.2 Å². The number of carbonyl (C=O) groups is 7. The van der Waals surface area contributed by atoms with E-state index in [0.29, 0.717) is 48.6 Å². The molecule has 3 saturated heterocycles. The second kappa shape index (κ2) is 25.8. The molecule has 10 N–H and O–H groups in total. The number of allylic oxidation sites excluding steroid dienone is 1. The summed E-state index contributed by atoms with van der Waals surface area (Å²) in [5, 5.41) is 51.8. The zero-order valence-electron chi connectivity index (χ0n) is 37.4. The Kier molecular flexibility index (Phi) is 19.7. The van der Waals surface area contributed by atoms with Gasteiger partial charge in [-0.25, -0.2) is 4.79 Å². The number of aliphatic hydroxyl groups excluding tert-OH is 2. The number of ether oxygens (including phenoxy) is 2. The van der Waals surface area contributed by atoms with Crippen LogP contribution in [0.2, 0.25) is 0 Å². The first kappa shape index (κ1) is 51.2. The Morgan fingerprint density at radius 3 is 2.31 bits per heavy atom. The van der Waals surface area contributed by atoms with Crippen molar-refractivity contribution in [1.29, 1.82) is 0 Å². The van der Waals surface area contributed by atoms with Crippen LogP contribution in [0.1, 0.15) is 72.9 Å². The van der Waals surface area contributed by atoms with Gasteiger partial charge in [-0.3, -0.25) is 28.8 Å². The Hall–Kier alpha value is -5.22. The number of hydrogen-bond acceptors (Lipinski definition) is 14. The third-order valence-corrected chi connectivity index (χ3v) is 14.0. The molecule has 0 aromatic heterocycles. The van der Waals surface area contributed by atoms with E-state index in [1.807, 2.05) is 30.0 Å². The fourth-order valence-electron chi connectivity index (χ4n) is 8.81. The van der Waals surface area contributed by atoms with Crippen LogP contribution in [-0.2, 0) is 40.0 Å². The molecule has 19 nitrogen and oxygen atoms in total. The molecule has 2 aromatic rings. The van der Waals surface area contributed by atoms with Gasteiger partial charge in [-0.15, -0.1) is 0 Å². The van der Waals surface area contributed by atoms with Crippen LogP contribution in [0.15, 0.2) is 66.7 Å². The largest absolute Gasteiger partial charge is 0.481 e. The van der Waals surface area contributed by atoms with E-state index in [-0.39, 0.29) is 86.6 Å². The van der Waals surface area contributed by atoms with Crippen molar-refractivity contribution >= 4 is 53.1 Å².